The minimum absolute atomic E-state index is 0.151. The number of aliphatic hydroxyl groups is 1. The highest BCUT2D eigenvalue weighted by molar-refractivity contribution is 6.34. The van der Waals surface area contributed by atoms with Gasteiger partial charge < -0.3 is 10.4 Å². The van der Waals surface area contributed by atoms with E-state index >= 15 is 0 Å². The molecular formula is C28H31ClF2N6O. The zero-order valence-corrected chi connectivity index (χ0v) is 22.1. The molecular weight excluding hydrogens is 510 g/mol. The van der Waals surface area contributed by atoms with Gasteiger partial charge in [0.2, 0.25) is 0 Å². The van der Waals surface area contributed by atoms with Crippen molar-refractivity contribution in [1.82, 2.24) is 19.8 Å². The number of aliphatic imine (C=N–C) groups is 1. The minimum Gasteiger partial charge on any atom is -0.395 e. The second-order valence-corrected chi connectivity index (χ2v) is 10.1. The zero-order valence-electron chi connectivity index (χ0n) is 21.3. The van der Waals surface area contributed by atoms with Gasteiger partial charge in [0.05, 0.1) is 46.0 Å². The molecule has 2 aliphatic heterocycles. The molecule has 0 saturated carbocycles. The van der Waals surface area contributed by atoms with E-state index in [9.17, 15) is 13.9 Å². The number of halogens is 3. The van der Waals surface area contributed by atoms with Crippen LogP contribution in [-0.4, -0.2) is 89.0 Å². The van der Waals surface area contributed by atoms with Gasteiger partial charge in [-0.15, -0.1) is 0 Å². The lowest BCUT2D eigenvalue weighted by Gasteiger charge is -2.37. The number of aliphatic hydroxyl groups excluding tert-OH is 1. The van der Waals surface area contributed by atoms with Crippen LogP contribution in [0.25, 0.3) is 16.6 Å². The van der Waals surface area contributed by atoms with Crippen LogP contribution in [0.15, 0.2) is 47.6 Å². The SMILES string of the molecule is CC(CO)N1CCN(CCNc2cnc3ccc(C4=CCCN=C4c4cc(Cl)c(F)cc4F)nc3c2)CC1. The third kappa shape index (κ3) is 5.86. The van der Waals surface area contributed by atoms with Gasteiger partial charge in [-0.25, -0.2) is 13.8 Å². The average molecular weight is 541 g/mol. The van der Waals surface area contributed by atoms with Crippen LogP contribution in [0.3, 0.4) is 0 Å². The number of benzene rings is 1. The van der Waals surface area contributed by atoms with E-state index < -0.39 is 11.6 Å². The molecule has 0 bridgehead atoms. The van der Waals surface area contributed by atoms with Crippen molar-refractivity contribution in [1.29, 1.82) is 0 Å². The maximum Gasteiger partial charge on any atom is 0.144 e. The predicted molar refractivity (Wildman–Crippen MR) is 148 cm³/mol. The summed E-state index contributed by atoms with van der Waals surface area (Å²) >= 11 is 5.95. The summed E-state index contributed by atoms with van der Waals surface area (Å²) in [7, 11) is 0. The molecule has 38 heavy (non-hydrogen) atoms. The first-order valence-corrected chi connectivity index (χ1v) is 13.3. The monoisotopic (exact) mass is 540 g/mol. The predicted octanol–water partition coefficient (Wildman–Crippen LogP) is 4.25. The summed E-state index contributed by atoms with van der Waals surface area (Å²) < 4.78 is 28.4. The first-order valence-electron chi connectivity index (χ1n) is 12.9. The summed E-state index contributed by atoms with van der Waals surface area (Å²) in [6.45, 7) is 8.31. The zero-order chi connectivity index (χ0) is 26.6. The number of dihydropyridines is 1. The van der Waals surface area contributed by atoms with E-state index in [1.165, 1.54) is 6.07 Å². The molecule has 5 rings (SSSR count). The third-order valence-electron chi connectivity index (χ3n) is 7.13. The molecule has 2 aliphatic rings. The lowest BCUT2D eigenvalue weighted by molar-refractivity contribution is 0.0751. The maximum absolute atomic E-state index is 14.7. The van der Waals surface area contributed by atoms with Gasteiger partial charge in [0.25, 0.3) is 0 Å². The number of rotatable bonds is 8. The number of piperazine rings is 1. The molecule has 1 aromatic carbocycles. The highest BCUT2D eigenvalue weighted by Crippen LogP contribution is 2.29. The summed E-state index contributed by atoms with van der Waals surface area (Å²) in [5.41, 5.74) is 4.24. The quantitative estimate of drug-likeness (QED) is 0.416. The Morgan fingerprint density at radius 3 is 2.68 bits per heavy atom. The van der Waals surface area contributed by atoms with Gasteiger partial charge in [0.15, 0.2) is 0 Å². The van der Waals surface area contributed by atoms with Gasteiger partial charge in [-0.1, -0.05) is 17.7 Å². The molecule has 7 nitrogen and oxygen atoms in total. The third-order valence-corrected chi connectivity index (χ3v) is 7.42. The Balaban J connectivity index is 1.28. The smallest absolute Gasteiger partial charge is 0.144 e. The molecule has 3 aromatic rings. The fourth-order valence-electron chi connectivity index (χ4n) is 4.88. The lowest BCUT2D eigenvalue weighted by Crippen LogP contribution is -2.51. The van der Waals surface area contributed by atoms with Crippen molar-refractivity contribution in [2.45, 2.75) is 19.4 Å². The second-order valence-electron chi connectivity index (χ2n) is 9.68. The summed E-state index contributed by atoms with van der Waals surface area (Å²) in [6.07, 6.45) is 4.47. The molecule has 4 heterocycles. The number of hydrogen-bond donors (Lipinski definition) is 2. The van der Waals surface area contributed by atoms with Gasteiger partial charge in [0.1, 0.15) is 11.6 Å². The van der Waals surface area contributed by atoms with E-state index in [0.717, 1.165) is 56.5 Å². The molecule has 2 aromatic heterocycles. The van der Waals surface area contributed by atoms with E-state index in [0.29, 0.717) is 35.5 Å². The standard InChI is InChI=1S/C28H31ClF2N6O/c1-18(17-38)37-11-9-36(10-12-37)8-7-32-19-13-27-26(34-16-19)5-4-25(35-27)20-3-2-6-33-28(20)21-14-22(29)24(31)15-23(21)30/h3-5,13-16,18,32,38H,2,6-12,17H2,1H3. The van der Waals surface area contributed by atoms with Crippen molar-refractivity contribution in [2.75, 3.05) is 57.7 Å². The Morgan fingerprint density at radius 2 is 1.89 bits per heavy atom. The van der Waals surface area contributed by atoms with Crippen LogP contribution in [0.5, 0.6) is 0 Å². The van der Waals surface area contributed by atoms with Gasteiger partial charge in [-0.05, 0) is 37.6 Å². The average Bonchev–Trinajstić information content (AvgIpc) is 2.94. The summed E-state index contributed by atoms with van der Waals surface area (Å²) in [5, 5.41) is 12.7. The number of hydrogen-bond acceptors (Lipinski definition) is 7. The summed E-state index contributed by atoms with van der Waals surface area (Å²) in [5.74, 6) is -1.51. The van der Waals surface area contributed by atoms with Crippen LogP contribution in [0.1, 0.15) is 24.6 Å². The normalized spacial score (nSPS) is 17.8. The Morgan fingerprint density at radius 1 is 1.08 bits per heavy atom. The van der Waals surface area contributed by atoms with Crippen molar-refractivity contribution in [3.05, 3.63) is 70.5 Å². The number of fused-ring (bicyclic) bond motifs is 1. The number of anilines is 1. The number of nitrogens with zero attached hydrogens (tertiary/aromatic N) is 5. The highest BCUT2D eigenvalue weighted by atomic mass is 35.5. The van der Waals surface area contributed by atoms with Crippen molar-refractivity contribution in [2.24, 2.45) is 4.99 Å². The minimum atomic E-state index is -0.802. The Hall–Kier alpha value is -2.98. The Kier molecular flexibility index (Phi) is 8.28. The van der Waals surface area contributed by atoms with E-state index in [1.54, 1.807) is 6.20 Å². The van der Waals surface area contributed by atoms with Crippen LogP contribution >= 0.6 is 11.6 Å². The van der Waals surface area contributed by atoms with Crippen LogP contribution in [0.2, 0.25) is 5.02 Å². The van der Waals surface area contributed by atoms with Crippen LogP contribution < -0.4 is 5.32 Å². The molecule has 1 fully saturated rings. The molecule has 0 spiro atoms. The summed E-state index contributed by atoms with van der Waals surface area (Å²) in [4.78, 5) is 18.6. The van der Waals surface area contributed by atoms with Crippen molar-refractivity contribution in [3.8, 4) is 0 Å². The second kappa shape index (κ2) is 11.8. The molecule has 1 unspecified atom stereocenters. The number of allylic oxidation sites excluding steroid dienone is 1. The van der Waals surface area contributed by atoms with Gasteiger partial charge in [0, 0.05) is 69.1 Å². The number of nitrogens with one attached hydrogen (secondary N) is 1. The van der Waals surface area contributed by atoms with Gasteiger partial charge in [-0.2, -0.15) is 0 Å². The molecule has 10 heteroatoms. The van der Waals surface area contributed by atoms with Crippen LogP contribution in [-0.2, 0) is 0 Å². The van der Waals surface area contributed by atoms with E-state index in [-0.39, 0.29) is 23.2 Å². The molecule has 0 radical (unpaired) electrons. The molecule has 200 valence electrons. The number of aromatic nitrogens is 2. The van der Waals surface area contributed by atoms with E-state index in [2.05, 4.69) is 32.0 Å². The first kappa shape index (κ1) is 26.6. The number of pyridine rings is 2. The lowest BCUT2D eigenvalue weighted by atomic mass is 9.95. The molecule has 2 N–H and O–H groups in total. The fourth-order valence-corrected chi connectivity index (χ4v) is 5.05. The molecule has 1 saturated heterocycles. The van der Waals surface area contributed by atoms with E-state index in [1.807, 2.05) is 24.3 Å². The summed E-state index contributed by atoms with van der Waals surface area (Å²) in [6, 6.07) is 7.96. The Labute approximate surface area is 225 Å². The van der Waals surface area contributed by atoms with Gasteiger partial charge >= 0.3 is 0 Å². The Bertz CT molecular complexity index is 1370. The molecule has 0 amide bonds. The molecule has 1 atom stereocenters. The topological polar surface area (TPSA) is 76.9 Å². The van der Waals surface area contributed by atoms with Crippen molar-refractivity contribution >= 4 is 39.6 Å². The highest BCUT2D eigenvalue weighted by Gasteiger charge is 2.22. The largest absolute Gasteiger partial charge is 0.395 e. The van der Waals surface area contributed by atoms with Crippen LogP contribution in [0.4, 0.5) is 14.5 Å². The van der Waals surface area contributed by atoms with Crippen molar-refractivity contribution < 1.29 is 13.9 Å². The van der Waals surface area contributed by atoms with Crippen LogP contribution in [0, 0.1) is 11.6 Å². The maximum atomic E-state index is 14.7. The van der Waals surface area contributed by atoms with E-state index in [4.69, 9.17) is 16.6 Å². The van der Waals surface area contributed by atoms with Crippen molar-refractivity contribution in [3.63, 3.8) is 0 Å². The molecule has 0 aliphatic carbocycles. The van der Waals surface area contributed by atoms with Gasteiger partial charge in [-0.3, -0.25) is 19.8 Å². The first-order chi connectivity index (χ1) is 18.4. The fraction of sp³-hybridized carbons (Fsp3) is 0.393.